The molecular formula is C19H18F3N5O. The van der Waals surface area contributed by atoms with Crippen LogP contribution in [0, 0.1) is 0 Å². The van der Waals surface area contributed by atoms with Gasteiger partial charge in [0.05, 0.1) is 18.1 Å². The van der Waals surface area contributed by atoms with Crippen LogP contribution in [0.4, 0.5) is 13.2 Å². The van der Waals surface area contributed by atoms with Gasteiger partial charge in [0.1, 0.15) is 5.69 Å². The summed E-state index contributed by atoms with van der Waals surface area (Å²) in [6, 6.07) is 10.0. The van der Waals surface area contributed by atoms with Crippen molar-refractivity contribution in [2.75, 3.05) is 20.8 Å². The highest BCUT2D eigenvalue weighted by Gasteiger charge is 2.36. The van der Waals surface area contributed by atoms with Crippen molar-refractivity contribution < 1.29 is 18.0 Å². The normalized spacial score (nSPS) is 11.6. The summed E-state index contributed by atoms with van der Waals surface area (Å²) in [4.78, 5) is 17.8. The third-order valence-electron chi connectivity index (χ3n) is 3.89. The molecule has 0 saturated carbocycles. The van der Waals surface area contributed by atoms with Crippen LogP contribution < -0.4 is 5.32 Å². The number of carbonyl (C=O) groups is 1. The number of halogens is 3. The molecule has 1 N–H and O–H groups in total. The molecule has 0 bridgehead atoms. The van der Waals surface area contributed by atoms with Crippen molar-refractivity contribution in [2.45, 2.75) is 6.18 Å². The molecule has 0 spiro atoms. The fourth-order valence-corrected chi connectivity index (χ4v) is 2.52. The van der Waals surface area contributed by atoms with E-state index < -0.39 is 11.9 Å². The predicted octanol–water partition coefficient (Wildman–Crippen LogP) is 3.20. The molecule has 3 rings (SSSR count). The molecule has 0 aliphatic carbocycles. The van der Waals surface area contributed by atoms with Gasteiger partial charge in [-0.15, -0.1) is 0 Å². The molecule has 0 unspecified atom stereocenters. The highest BCUT2D eigenvalue weighted by Crippen LogP contribution is 2.33. The molecule has 0 atom stereocenters. The second kappa shape index (κ2) is 7.81. The van der Waals surface area contributed by atoms with Crippen molar-refractivity contribution in [3.05, 3.63) is 66.1 Å². The van der Waals surface area contributed by atoms with Crippen LogP contribution in [0.3, 0.4) is 0 Å². The Balaban J connectivity index is 1.94. The second-order valence-electron chi connectivity index (χ2n) is 6.36. The number of amides is 1. The van der Waals surface area contributed by atoms with Crippen LogP contribution in [-0.4, -0.2) is 46.3 Å². The van der Waals surface area contributed by atoms with E-state index in [0.29, 0.717) is 17.8 Å². The number of hydrogen-bond acceptors (Lipinski definition) is 4. The Labute approximate surface area is 159 Å². The largest absolute Gasteiger partial charge is 0.433 e. The molecule has 3 aromatic rings. The minimum absolute atomic E-state index is 0.160. The number of hydrogen-bond donors (Lipinski definition) is 1. The first-order chi connectivity index (χ1) is 13.3. The minimum atomic E-state index is -4.59. The first kappa shape index (κ1) is 19.6. The summed E-state index contributed by atoms with van der Waals surface area (Å²) in [5.41, 5.74) is 0.279. The zero-order valence-electron chi connectivity index (χ0n) is 15.2. The molecule has 28 heavy (non-hydrogen) atoms. The standard InChI is InChI=1S/C19H18F3N5O/c1-26(2)12-24-18(28)13-5-7-15(8-6-13)27-17(19(20,21)22)10-16(25-27)14-4-3-9-23-11-14/h3-11H,12H2,1-2H3,(H,24,28). The molecule has 0 fully saturated rings. The lowest BCUT2D eigenvalue weighted by molar-refractivity contribution is -0.142. The summed E-state index contributed by atoms with van der Waals surface area (Å²) in [6.45, 7) is 0.354. The molecule has 0 radical (unpaired) electrons. The van der Waals surface area contributed by atoms with E-state index in [1.54, 1.807) is 31.1 Å². The number of pyridine rings is 1. The lowest BCUT2D eigenvalue weighted by Crippen LogP contribution is -2.33. The summed E-state index contributed by atoms with van der Waals surface area (Å²) < 4.78 is 41.3. The van der Waals surface area contributed by atoms with Gasteiger partial charge in [-0.05, 0) is 56.6 Å². The van der Waals surface area contributed by atoms with E-state index in [1.165, 1.54) is 36.7 Å². The van der Waals surface area contributed by atoms with E-state index in [2.05, 4.69) is 15.4 Å². The van der Waals surface area contributed by atoms with Gasteiger partial charge in [0.15, 0.2) is 0 Å². The van der Waals surface area contributed by atoms with E-state index >= 15 is 0 Å². The van der Waals surface area contributed by atoms with Crippen molar-refractivity contribution in [1.82, 2.24) is 25.0 Å². The SMILES string of the molecule is CN(C)CNC(=O)c1ccc(-n2nc(-c3cccnc3)cc2C(F)(F)F)cc1. The molecule has 0 aliphatic rings. The lowest BCUT2D eigenvalue weighted by Gasteiger charge is -2.12. The van der Waals surface area contributed by atoms with E-state index in [9.17, 15) is 18.0 Å². The Morgan fingerprint density at radius 2 is 1.89 bits per heavy atom. The molecule has 1 aromatic carbocycles. The average Bonchev–Trinajstić information content (AvgIpc) is 3.13. The molecule has 0 saturated heterocycles. The Hall–Kier alpha value is -3.20. The minimum Gasteiger partial charge on any atom is -0.339 e. The summed E-state index contributed by atoms with van der Waals surface area (Å²) in [5.74, 6) is -0.312. The molecule has 9 heteroatoms. The number of rotatable bonds is 5. The maximum absolute atomic E-state index is 13.5. The van der Waals surface area contributed by atoms with Gasteiger partial charge in [-0.3, -0.25) is 14.7 Å². The summed E-state index contributed by atoms with van der Waals surface area (Å²) >= 11 is 0. The van der Waals surface area contributed by atoms with Crippen LogP contribution in [0.15, 0.2) is 54.9 Å². The van der Waals surface area contributed by atoms with Gasteiger partial charge < -0.3 is 5.32 Å². The van der Waals surface area contributed by atoms with Crippen molar-refractivity contribution in [2.24, 2.45) is 0 Å². The highest BCUT2D eigenvalue weighted by atomic mass is 19.4. The van der Waals surface area contributed by atoms with E-state index in [1.807, 2.05) is 0 Å². The topological polar surface area (TPSA) is 63.1 Å². The molecule has 1 amide bonds. The third kappa shape index (κ3) is 4.37. The van der Waals surface area contributed by atoms with Gasteiger partial charge in [-0.1, -0.05) is 0 Å². The monoisotopic (exact) mass is 389 g/mol. The Morgan fingerprint density at radius 1 is 1.18 bits per heavy atom. The van der Waals surface area contributed by atoms with Crippen molar-refractivity contribution in [3.8, 4) is 16.9 Å². The fourth-order valence-electron chi connectivity index (χ4n) is 2.52. The predicted molar refractivity (Wildman–Crippen MR) is 97.8 cm³/mol. The number of benzene rings is 1. The quantitative estimate of drug-likeness (QED) is 0.681. The number of nitrogens with one attached hydrogen (secondary N) is 1. The first-order valence-corrected chi connectivity index (χ1v) is 8.37. The Kier molecular flexibility index (Phi) is 5.46. The Morgan fingerprint density at radius 3 is 2.46 bits per heavy atom. The molecule has 2 aromatic heterocycles. The maximum atomic E-state index is 13.5. The molecule has 6 nitrogen and oxygen atoms in total. The van der Waals surface area contributed by atoms with E-state index in [-0.39, 0.29) is 17.3 Å². The molecular weight excluding hydrogens is 371 g/mol. The van der Waals surface area contributed by atoms with Crippen LogP contribution >= 0.6 is 0 Å². The van der Waals surface area contributed by atoms with Crippen LogP contribution in [0.2, 0.25) is 0 Å². The van der Waals surface area contributed by atoms with Gasteiger partial charge in [0.2, 0.25) is 0 Å². The van der Waals surface area contributed by atoms with Gasteiger partial charge in [-0.2, -0.15) is 18.3 Å². The number of aromatic nitrogens is 3. The van der Waals surface area contributed by atoms with Crippen LogP contribution in [-0.2, 0) is 6.18 Å². The lowest BCUT2D eigenvalue weighted by atomic mass is 10.2. The fraction of sp³-hybridized carbons (Fsp3) is 0.211. The molecule has 146 valence electrons. The van der Waals surface area contributed by atoms with Crippen LogP contribution in [0.25, 0.3) is 16.9 Å². The molecule has 0 aliphatic heterocycles. The second-order valence-corrected chi connectivity index (χ2v) is 6.36. The van der Waals surface area contributed by atoms with Crippen molar-refractivity contribution >= 4 is 5.91 Å². The zero-order valence-corrected chi connectivity index (χ0v) is 15.2. The number of carbonyl (C=O) groups excluding carboxylic acids is 1. The Bertz CT molecular complexity index is 950. The van der Waals surface area contributed by atoms with Gasteiger partial charge in [0, 0.05) is 23.5 Å². The van der Waals surface area contributed by atoms with Gasteiger partial charge in [-0.25, -0.2) is 4.68 Å². The van der Waals surface area contributed by atoms with Gasteiger partial charge in [0.25, 0.3) is 5.91 Å². The van der Waals surface area contributed by atoms with Gasteiger partial charge >= 0.3 is 6.18 Å². The summed E-state index contributed by atoms with van der Waals surface area (Å²) in [7, 11) is 3.61. The van der Waals surface area contributed by atoms with Crippen molar-refractivity contribution in [1.29, 1.82) is 0 Å². The first-order valence-electron chi connectivity index (χ1n) is 8.37. The van der Waals surface area contributed by atoms with Crippen molar-refractivity contribution in [3.63, 3.8) is 0 Å². The number of alkyl halides is 3. The molecule has 2 heterocycles. The maximum Gasteiger partial charge on any atom is 0.433 e. The van der Waals surface area contributed by atoms with E-state index in [0.717, 1.165) is 10.7 Å². The smallest absolute Gasteiger partial charge is 0.339 e. The highest BCUT2D eigenvalue weighted by molar-refractivity contribution is 5.94. The third-order valence-corrected chi connectivity index (χ3v) is 3.89. The average molecular weight is 389 g/mol. The van der Waals surface area contributed by atoms with Crippen LogP contribution in [0.1, 0.15) is 16.1 Å². The summed E-state index contributed by atoms with van der Waals surface area (Å²) in [6.07, 6.45) is -1.61. The van der Waals surface area contributed by atoms with E-state index in [4.69, 9.17) is 0 Å². The number of nitrogens with zero attached hydrogens (tertiary/aromatic N) is 4. The summed E-state index contributed by atoms with van der Waals surface area (Å²) in [5, 5.41) is 6.80. The zero-order chi connectivity index (χ0) is 20.3. The van der Waals surface area contributed by atoms with Crippen LogP contribution in [0.5, 0.6) is 0 Å².